The summed E-state index contributed by atoms with van der Waals surface area (Å²) in [6.45, 7) is 0. The van der Waals surface area contributed by atoms with Gasteiger partial charge in [0.25, 0.3) is 0 Å². The van der Waals surface area contributed by atoms with E-state index >= 15 is 0 Å². The highest BCUT2D eigenvalue weighted by Gasteiger charge is 2.29. The predicted molar refractivity (Wildman–Crippen MR) is 92.7 cm³/mol. The van der Waals surface area contributed by atoms with E-state index in [1.54, 1.807) is 29.2 Å². The number of carbonyl (C=O) groups excluding carboxylic acids is 1. The number of hydrogen-bond donors (Lipinski definition) is 1. The summed E-state index contributed by atoms with van der Waals surface area (Å²) in [6, 6.07) is 6.97. The third kappa shape index (κ3) is 3.32. The molecule has 1 heterocycles. The van der Waals surface area contributed by atoms with Gasteiger partial charge >= 0.3 is 0 Å². The zero-order chi connectivity index (χ0) is 17.3. The molecule has 5 nitrogen and oxygen atoms in total. The van der Waals surface area contributed by atoms with Gasteiger partial charge in [-0.1, -0.05) is 23.7 Å². The molecule has 0 aliphatic heterocycles. The lowest BCUT2D eigenvalue weighted by Crippen LogP contribution is -2.34. The van der Waals surface area contributed by atoms with Crippen LogP contribution in [0.3, 0.4) is 0 Å². The van der Waals surface area contributed by atoms with Crippen molar-refractivity contribution in [3.8, 4) is 0 Å². The number of carbonyl (C=O) groups is 1. The van der Waals surface area contributed by atoms with Crippen molar-refractivity contribution < 1.29 is 9.90 Å². The lowest BCUT2D eigenvalue weighted by Gasteiger charge is -2.32. The lowest BCUT2D eigenvalue weighted by atomic mass is 9.91. The van der Waals surface area contributed by atoms with Crippen molar-refractivity contribution in [2.24, 2.45) is 7.05 Å². The zero-order valence-corrected chi connectivity index (χ0v) is 14.7. The number of fused-ring (bicyclic) bond motifs is 1. The van der Waals surface area contributed by atoms with Crippen LogP contribution < -0.4 is 0 Å². The second kappa shape index (κ2) is 6.95. The summed E-state index contributed by atoms with van der Waals surface area (Å²) in [5.74, 6) is -0.0702. The number of amides is 1. The average Bonchev–Trinajstić information content (AvgIpc) is 2.96. The number of nitrogens with zero attached hydrogens (tertiary/aromatic N) is 3. The summed E-state index contributed by atoms with van der Waals surface area (Å²) < 4.78 is 1.89. The Hall–Kier alpha value is -1.85. The maximum Gasteiger partial charge on any atom is 0.225 e. The maximum atomic E-state index is 12.6. The third-order valence-corrected chi connectivity index (χ3v) is 5.08. The van der Waals surface area contributed by atoms with Crippen LogP contribution >= 0.6 is 11.6 Å². The molecule has 0 saturated heterocycles. The van der Waals surface area contributed by atoms with Crippen molar-refractivity contribution >= 4 is 17.5 Å². The van der Waals surface area contributed by atoms with Gasteiger partial charge in [0.1, 0.15) is 0 Å². The van der Waals surface area contributed by atoms with Gasteiger partial charge in [-0.25, -0.2) is 0 Å². The van der Waals surface area contributed by atoms with Gasteiger partial charge in [0.05, 0.1) is 24.8 Å². The molecule has 0 fully saturated rings. The van der Waals surface area contributed by atoms with Crippen molar-refractivity contribution in [3.05, 3.63) is 52.3 Å². The predicted octanol–water partition coefficient (Wildman–Crippen LogP) is 3.03. The molecule has 1 N–H and O–H groups in total. The standard InChI is InChI=1S/C18H22ClN3O2/c1-21(15-4-3-5-16-14(15)11-20-22(16)2)18(24)10-17(23)12-6-8-13(19)9-7-12/h6-9,11,15,17,23H,3-5,10H2,1-2H3. The van der Waals surface area contributed by atoms with E-state index in [0.717, 1.165) is 24.8 Å². The monoisotopic (exact) mass is 347 g/mol. The van der Waals surface area contributed by atoms with E-state index in [2.05, 4.69) is 5.10 Å². The lowest BCUT2D eigenvalue weighted by molar-refractivity contribution is -0.134. The second-order valence-corrected chi connectivity index (χ2v) is 6.79. The Kier molecular flexibility index (Phi) is 4.92. The number of aromatic nitrogens is 2. The molecule has 6 heteroatoms. The number of halogens is 1. The Morgan fingerprint density at radius 3 is 2.88 bits per heavy atom. The second-order valence-electron chi connectivity index (χ2n) is 6.35. The van der Waals surface area contributed by atoms with Gasteiger partial charge in [0.15, 0.2) is 0 Å². The van der Waals surface area contributed by atoms with Crippen LogP contribution in [0, 0.1) is 0 Å². The molecule has 1 aromatic heterocycles. The minimum atomic E-state index is -0.825. The summed E-state index contributed by atoms with van der Waals surface area (Å²) in [7, 11) is 3.75. The fourth-order valence-electron chi connectivity index (χ4n) is 3.37. The minimum absolute atomic E-state index is 0.0346. The summed E-state index contributed by atoms with van der Waals surface area (Å²) in [6.07, 6.45) is 4.06. The van der Waals surface area contributed by atoms with E-state index in [4.69, 9.17) is 11.6 Å². The summed E-state index contributed by atoms with van der Waals surface area (Å²) in [4.78, 5) is 14.4. The average molecular weight is 348 g/mol. The van der Waals surface area contributed by atoms with Crippen LogP contribution in [-0.4, -0.2) is 32.7 Å². The van der Waals surface area contributed by atoms with Crippen LogP contribution in [0.5, 0.6) is 0 Å². The number of benzene rings is 1. The van der Waals surface area contributed by atoms with Crippen LogP contribution in [0.2, 0.25) is 5.02 Å². The number of aryl methyl sites for hydroxylation is 1. The largest absolute Gasteiger partial charge is 0.388 e. The van der Waals surface area contributed by atoms with E-state index in [1.165, 1.54) is 5.69 Å². The highest BCUT2D eigenvalue weighted by atomic mass is 35.5. The van der Waals surface area contributed by atoms with Gasteiger partial charge in [-0.15, -0.1) is 0 Å². The Balaban J connectivity index is 1.70. The summed E-state index contributed by atoms with van der Waals surface area (Å²) >= 11 is 5.86. The molecule has 1 aliphatic rings. The van der Waals surface area contributed by atoms with E-state index in [1.807, 2.05) is 25.0 Å². The molecule has 0 spiro atoms. The molecule has 1 aliphatic carbocycles. The van der Waals surface area contributed by atoms with Gasteiger partial charge in [-0.2, -0.15) is 5.10 Å². The van der Waals surface area contributed by atoms with Crippen molar-refractivity contribution in [1.82, 2.24) is 14.7 Å². The molecule has 2 unspecified atom stereocenters. The zero-order valence-electron chi connectivity index (χ0n) is 13.9. The molecular formula is C18H22ClN3O2. The van der Waals surface area contributed by atoms with Crippen LogP contribution in [0.15, 0.2) is 30.5 Å². The van der Waals surface area contributed by atoms with E-state index < -0.39 is 6.10 Å². The molecule has 1 amide bonds. The highest BCUT2D eigenvalue weighted by molar-refractivity contribution is 6.30. The molecule has 0 bridgehead atoms. The van der Waals surface area contributed by atoms with Gasteiger partial charge in [0, 0.05) is 30.4 Å². The van der Waals surface area contributed by atoms with E-state index in [-0.39, 0.29) is 18.4 Å². The quantitative estimate of drug-likeness (QED) is 0.924. The summed E-state index contributed by atoms with van der Waals surface area (Å²) in [5.41, 5.74) is 3.02. The van der Waals surface area contributed by atoms with Crippen molar-refractivity contribution in [2.45, 2.75) is 37.8 Å². The van der Waals surface area contributed by atoms with Crippen LogP contribution in [0.25, 0.3) is 0 Å². The smallest absolute Gasteiger partial charge is 0.225 e. The maximum absolute atomic E-state index is 12.6. The normalized spacial score (nSPS) is 18.1. The first-order chi connectivity index (χ1) is 11.5. The topological polar surface area (TPSA) is 58.4 Å². The van der Waals surface area contributed by atoms with E-state index in [9.17, 15) is 9.90 Å². The molecule has 2 aromatic rings. The highest BCUT2D eigenvalue weighted by Crippen LogP contribution is 2.34. The molecule has 0 radical (unpaired) electrons. The number of aliphatic hydroxyl groups excluding tert-OH is 1. The molecule has 0 saturated carbocycles. The summed E-state index contributed by atoms with van der Waals surface area (Å²) in [5, 5.41) is 15.3. The van der Waals surface area contributed by atoms with Gasteiger partial charge < -0.3 is 10.0 Å². The van der Waals surface area contributed by atoms with E-state index in [0.29, 0.717) is 10.6 Å². The molecule has 3 rings (SSSR count). The first-order valence-electron chi connectivity index (χ1n) is 8.17. The van der Waals surface area contributed by atoms with Crippen molar-refractivity contribution in [2.75, 3.05) is 7.05 Å². The molecular weight excluding hydrogens is 326 g/mol. The van der Waals surface area contributed by atoms with Crippen LogP contribution in [-0.2, 0) is 18.3 Å². The SMILES string of the molecule is CN(C(=O)CC(O)c1ccc(Cl)cc1)C1CCCc2c1cnn2C. The Bertz CT molecular complexity index is 726. The molecule has 24 heavy (non-hydrogen) atoms. The first kappa shape index (κ1) is 17.0. The molecule has 1 aromatic carbocycles. The van der Waals surface area contributed by atoms with Gasteiger partial charge in [0.2, 0.25) is 5.91 Å². The Morgan fingerprint density at radius 2 is 2.17 bits per heavy atom. The Labute approximate surface area is 146 Å². The minimum Gasteiger partial charge on any atom is -0.388 e. The Morgan fingerprint density at radius 1 is 1.46 bits per heavy atom. The first-order valence-corrected chi connectivity index (χ1v) is 8.55. The van der Waals surface area contributed by atoms with Gasteiger partial charge in [-0.3, -0.25) is 9.48 Å². The number of hydrogen-bond acceptors (Lipinski definition) is 3. The van der Waals surface area contributed by atoms with Crippen molar-refractivity contribution in [3.63, 3.8) is 0 Å². The number of rotatable bonds is 4. The van der Waals surface area contributed by atoms with Crippen molar-refractivity contribution in [1.29, 1.82) is 0 Å². The molecule has 2 atom stereocenters. The third-order valence-electron chi connectivity index (χ3n) is 4.83. The molecule has 128 valence electrons. The van der Waals surface area contributed by atoms with Crippen LogP contribution in [0.1, 0.15) is 48.2 Å². The van der Waals surface area contributed by atoms with Gasteiger partial charge in [-0.05, 0) is 37.0 Å². The fraction of sp³-hybridized carbons (Fsp3) is 0.444. The van der Waals surface area contributed by atoms with Crippen LogP contribution in [0.4, 0.5) is 0 Å². The fourth-order valence-corrected chi connectivity index (χ4v) is 3.50. The number of aliphatic hydroxyl groups is 1.